The minimum absolute atomic E-state index is 0.00820. The maximum atomic E-state index is 13.4. The Kier molecular flexibility index (Phi) is 4.99. The fourth-order valence-corrected chi connectivity index (χ4v) is 5.99. The molecule has 0 amide bonds. The number of sulfonamides is 1. The van der Waals surface area contributed by atoms with Gasteiger partial charge in [-0.25, -0.2) is 13.1 Å². The highest BCUT2D eigenvalue weighted by atomic mass is 79.9. The summed E-state index contributed by atoms with van der Waals surface area (Å²) in [5.41, 5.74) is 1.56. The van der Waals surface area contributed by atoms with Crippen molar-refractivity contribution < 1.29 is 13.2 Å². The van der Waals surface area contributed by atoms with Crippen molar-refractivity contribution in [3.63, 3.8) is 0 Å². The Morgan fingerprint density at radius 2 is 1.88 bits per heavy atom. The van der Waals surface area contributed by atoms with Gasteiger partial charge in [-0.05, 0) is 66.6 Å². The van der Waals surface area contributed by atoms with E-state index < -0.39 is 21.5 Å². The van der Waals surface area contributed by atoms with Gasteiger partial charge in [0.1, 0.15) is 0 Å². The van der Waals surface area contributed by atoms with Crippen molar-refractivity contribution in [1.29, 1.82) is 0 Å². The first-order chi connectivity index (χ1) is 15.3. The van der Waals surface area contributed by atoms with Crippen LogP contribution in [0.5, 0.6) is 0 Å². The molecule has 4 aromatic rings. The van der Waals surface area contributed by atoms with Crippen LogP contribution >= 0.6 is 27.5 Å². The van der Waals surface area contributed by atoms with E-state index in [0.29, 0.717) is 39.1 Å². The predicted molar refractivity (Wildman–Crippen MR) is 126 cm³/mol. The molecule has 3 aromatic carbocycles. The third-order valence-electron chi connectivity index (χ3n) is 5.43. The van der Waals surface area contributed by atoms with Crippen molar-refractivity contribution in [1.82, 2.24) is 9.78 Å². The summed E-state index contributed by atoms with van der Waals surface area (Å²) in [6, 6.07) is 15.9. The first kappa shape index (κ1) is 21.0. The van der Waals surface area contributed by atoms with Crippen LogP contribution < -0.4 is 9.86 Å². The molecule has 0 bridgehead atoms. The lowest BCUT2D eigenvalue weighted by Crippen LogP contribution is -2.29. The molecule has 5 rings (SSSR count). The number of aromatic nitrogens is 2. The predicted octanol–water partition coefficient (Wildman–Crippen LogP) is 4.19. The summed E-state index contributed by atoms with van der Waals surface area (Å²) in [7, 11) is -3.90. The fraction of sp³-hybridized carbons (Fsp3) is 0.0909. The van der Waals surface area contributed by atoms with Gasteiger partial charge in [0.25, 0.3) is 21.5 Å². The molecule has 2 heterocycles. The molecule has 0 unspecified atom stereocenters. The normalized spacial score (nSPS) is 13.5. The standard InChI is InChI=1S/C22H15BrClN3O4S/c23-15-4-6-18-20(12-15)27(25-21(18)28)22(29)14-2-1-3-17(11-14)32(30,31)26-9-8-13-10-16(24)5-7-19(13)26/h1-7,10-12H,8-9H2,(H,25,28). The number of halogens is 2. The first-order valence-corrected chi connectivity index (χ1v) is 12.2. The fourth-order valence-electron chi connectivity index (χ4n) is 3.90. The van der Waals surface area contributed by atoms with E-state index in [1.54, 1.807) is 36.4 Å². The van der Waals surface area contributed by atoms with Crippen molar-refractivity contribution in [3.8, 4) is 0 Å². The zero-order chi connectivity index (χ0) is 22.6. The van der Waals surface area contributed by atoms with Gasteiger partial charge in [0.2, 0.25) is 0 Å². The summed E-state index contributed by atoms with van der Waals surface area (Å²) >= 11 is 9.37. The van der Waals surface area contributed by atoms with Crippen LogP contribution in [-0.4, -0.2) is 30.7 Å². The van der Waals surface area contributed by atoms with E-state index in [-0.39, 0.29) is 10.5 Å². The smallest absolute Gasteiger partial charge is 0.267 e. The quantitative estimate of drug-likeness (QED) is 0.428. The zero-order valence-corrected chi connectivity index (χ0v) is 19.5. The van der Waals surface area contributed by atoms with E-state index in [1.165, 1.54) is 28.6 Å². The van der Waals surface area contributed by atoms with Gasteiger partial charge in [-0.3, -0.25) is 19.0 Å². The zero-order valence-electron chi connectivity index (χ0n) is 16.4. The van der Waals surface area contributed by atoms with Gasteiger partial charge in [-0.2, -0.15) is 0 Å². The second-order valence-electron chi connectivity index (χ2n) is 7.37. The molecule has 10 heteroatoms. The lowest BCUT2D eigenvalue weighted by Gasteiger charge is -2.20. The molecule has 1 aromatic heterocycles. The molecule has 32 heavy (non-hydrogen) atoms. The van der Waals surface area contributed by atoms with Crippen molar-refractivity contribution in [2.24, 2.45) is 0 Å². The Morgan fingerprint density at radius 3 is 2.69 bits per heavy atom. The summed E-state index contributed by atoms with van der Waals surface area (Å²) in [5, 5.41) is 3.44. The van der Waals surface area contributed by atoms with Crippen LogP contribution in [0.15, 0.2) is 74.8 Å². The Bertz CT molecular complexity index is 1580. The maximum absolute atomic E-state index is 13.4. The minimum atomic E-state index is -3.90. The molecule has 0 radical (unpaired) electrons. The number of rotatable bonds is 3. The van der Waals surface area contributed by atoms with E-state index >= 15 is 0 Å². The van der Waals surface area contributed by atoms with Crippen molar-refractivity contribution in [2.45, 2.75) is 11.3 Å². The highest BCUT2D eigenvalue weighted by Crippen LogP contribution is 2.34. The van der Waals surface area contributed by atoms with Gasteiger partial charge in [-0.15, -0.1) is 0 Å². The number of H-pyrrole nitrogens is 1. The first-order valence-electron chi connectivity index (χ1n) is 9.62. The van der Waals surface area contributed by atoms with E-state index in [0.717, 1.165) is 10.2 Å². The van der Waals surface area contributed by atoms with Crippen LogP contribution in [0, 0.1) is 0 Å². The third kappa shape index (κ3) is 3.37. The van der Waals surface area contributed by atoms with Gasteiger partial charge in [-0.1, -0.05) is 33.6 Å². The topological polar surface area (TPSA) is 92.2 Å². The second-order valence-corrected chi connectivity index (χ2v) is 10.6. The van der Waals surface area contributed by atoms with Gasteiger partial charge < -0.3 is 0 Å². The molecule has 0 saturated heterocycles. The highest BCUT2D eigenvalue weighted by molar-refractivity contribution is 9.10. The van der Waals surface area contributed by atoms with E-state index in [1.807, 2.05) is 0 Å². The largest absolute Gasteiger partial charge is 0.277 e. The van der Waals surface area contributed by atoms with Crippen LogP contribution in [0.3, 0.4) is 0 Å². The SMILES string of the molecule is O=C(c1cccc(S(=O)(=O)N2CCc3cc(Cl)ccc32)c1)n1[nH]c(=O)c2ccc(Br)cc21. The number of benzene rings is 3. The molecule has 1 aliphatic rings. The summed E-state index contributed by atoms with van der Waals surface area (Å²) in [6.45, 7) is 0.291. The summed E-state index contributed by atoms with van der Waals surface area (Å²) in [4.78, 5) is 25.4. The van der Waals surface area contributed by atoms with Crippen molar-refractivity contribution in [2.75, 3.05) is 10.8 Å². The number of anilines is 1. The molecule has 0 spiro atoms. The molecule has 7 nitrogen and oxygen atoms in total. The average Bonchev–Trinajstić information content (AvgIpc) is 3.34. The number of nitrogens with zero attached hydrogens (tertiary/aromatic N) is 2. The number of hydrogen-bond donors (Lipinski definition) is 1. The summed E-state index contributed by atoms with van der Waals surface area (Å²) in [6.07, 6.45) is 0.555. The van der Waals surface area contributed by atoms with Crippen molar-refractivity contribution >= 4 is 60.1 Å². The average molecular weight is 533 g/mol. The van der Waals surface area contributed by atoms with Crippen LogP contribution in [0.4, 0.5) is 5.69 Å². The minimum Gasteiger partial charge on any atom is -0.267 e. The molecule has 162 valence electrons. The molecule has 0 atom stereocenters. The summed E-state index contributed by atoms with van der Waals surface area (Å²) < 4.78 is 29.9. The van der Waals surface area contributed by atoms with E-state index in [9.17, 15) is 18.0 Å². The monoisotopic (exact) mass is 531 g/mol. The lowest BCUT2D eigenvalue weighted by atomic mass is 10.2. The van der Waals surface area contributed by atoms with E-state index in [2.05, 4.69) is 21.0 Å². The number of nitrogens with one attached hydrogen (secondary N) is 1. The lowest BCUT2D eigenvalue weighted by molar-refractivity contribution is 0.0949. The van der Waals surface area contributed by atoms with Crippen LogP contribution in [-0.2, 0) is 16.4 Å². The number of carbonyl (C=O) groups is 1. The van der Waals surface area contributed by atoms with Gasteiger partial charge in [0, 0.05) is 21.6 Å². The third-order valence-corrected chi connectivity index (χ3v) is 7.96. The molecule has 1 aliphatic heterocycles. The molecular formula is C22H15BrClN3O4S. The Labute approximate surface area is 196 Å². The van der Waals surface area contributed by atoms with Crippen LogP contribution in [0.1, 0.15) is 15.9 Å². The maximum Gasteiger partial charge on any atom is 0.277 e. The molecule has 0 fully saturated rings. The second kappa shape index (κ2) is 7.61. The molecule has 0 saturated carbocycles. The van der Waals surface area contributed by atoms with Gasteiger partial charge >= 0.3 is 0 Å². The number of fused-ring (bicyclic) bond motifs is 2. The highest BCUT2D eigenvalue weighted by Gasteiger charge is 2.31. The Hall–Kier alpha value is -2.88. The summed E-state index contributed by atoms with van der Waals surface area (Å²) in [5.74, 6) is -0.541. The number of carbonyl (C=O) groups excluding carboxylic acids is 1. The Morgan fingerprint density at radius 1 is 1.06 bits per heavy atom. The molecular weight excluding hydrogens is 518 g/mol. The molecule has 1 N–H and O–H groups in total. The number of aromatic amines is 1. The van der Waals surface area contributed by atoms with Crippen LogP contribution in [0.25, 0.3) is 10.9 Å². The van der Waals surface area contributed by atoms with E-state index in [4.69, 9.17) is 11.6 Å². The van der Waals surface area contributed by atoms with Gasteiger partial charge in [0.05, 0.1) is 21.5 Å². The molecule has 0 aliphatic carbocycles. The number of hydrogen-bond acceptors (Lipinski definition) is 4. The van der Waals surface area contributed by atoms with Gasteiger partial charge in [0.15, 0.2) is 0 Å². The van der Waals surface area contributed by atoms with Crippen LogP contribution in [0.2, 0.25) is 5.02 Å². The van der Waals surface area contributed by atoms with Crippen molar-refractivity contribution in [3.05, 3.63) is 91.6 Å². The Balaban J connectivity index is 1.56.